The van der Waals surface area contributed by atoms with Crippen LogP contribution in [0.2, 0.25) is 0 Å². The smallest absolute Gasteiger partial charge is 0.337 e. The average molecular weight is 481 g/mol. The second kappa shape index (κ2) is 8.81. The number of hydrogen-bond acceptors (Lipinski definition) is 2. The summed E-state index contributed by atoms with van der Waals surface area (Å²) < 4.78 is 80.7. The van der Waals surface area contributed by atoms with E-state index in [0.717, 1.165) is 12.8 Å². The molecule has 1 saturated heterocycles. The quantitative estimate of drug-likeness (QED) is 0.404. The Bertz CT molecular complexity index is 1150. The molecule has 1 aliphatic rings. The predicted octanol–water partition coefficient (Wildman–Crippen LogP) is 6.45. The van der Waals surface area contributed by atoms with Gasteiger partial charge in [-0.15, -0.1) is 0 Å². The molecule has 0 aliphatic carbocycles. The maximum Gasteiger partial charge on any atom is 0.416 e. The van der Waals surface area contributed by atoms with Crippen LogP contribution >= 0.6 is 0 Å². The zero-order valence-corrected chi connectivity index (χ0v) is 18.1. The van der Waals surface area contributed by atoms with Gasteiger partial charge in [-0.3, -0.25) is 9.36 Å². The molecule has 0 bridgehead atoms. The van der Waals surface area contributed by atoms with Crippen molar-refractivity contribution >= 4 is 5.91 Å². The molecule has 0 saturated carbocycles. The third-order valence-electron chi connectivity index (χ3n) is 5.87. The monoisotopic (exact) mass is 481 g/mol. The summed E-state index contributed by atoms with van der Waals surface area (Å²) in [5, 5.41) is 0. The summed E-state index contributed by atoms with van der Waals surface area (Å²) in [5.74, 6) is 0.211. The molecule has 180 valence electrons. The van der Waals surface area contributed by atoms with Crippen molar-refractivity contribution < 1.29 is 31.1 Å². The summed E-state index contributed by atoms with van der Waals surface area (Å²) in [6.07, 6.45) is -5.00. The van der Waals surface area contributed by atoms with Crippen LogP contribution in [0.25, 0.3) is 16.8 Å². The van der Waals surface area contributed by atoms with Gasteiger partial charge in [-0.25, -0.2) is 4.98 Å². The van der Waals surface area contributed by atoms with Gasteiger partial charge in [0, 0.05) is 18.8 Å². The summed E-state index contributed by atoms with van der Waals surface area (Å²) in [7, 11) is 0. The Morgan fingerprint density at radius 3 is 2.12 bits per heavy atom. The zero-order chi connectivity index (χ0) is 24.7. The lowest BCUT2D eigenvalue weighted by Gasteiger charge is -2.31. The fraction of sp³-hybridized carbons (Fsp3) is 0.333. The van der Waals surface area contributed by atoms with Crippen LogP contribution in [0.3, 0.4) is 0 Å². The highest BCUT2D eigenvalue weighted by Crippen LogP contribution is 2.38. The van der Waals surface area contributed by atoms with Crippen LogP contribution in [0, 0.1) is 5.92 Å². The third-order valence-corrected chi connectivity index (χ3v) is 5.87. The number of likely N-dealkylation sites (tertiary alicyclic amines) is 1. The molecule has 2 aromatic carbocycles. The number of nitrogens with zero attached hydrogens (tertiary/aromatic N) is 3. The van der Waals surface area contributed by atoms with Crippen LogP contribution in [0.1, 0.15) is 41.4 Å². The van der Waals surface area contributed by atoms with Gasteiger partial charge in [-0.1, -0.05) is 19.1 Å². The van der Waals surface area contributed by atoms with Gasteiger partial charge in [0.25, 0.3) is 5.91 Å². The second-order valence-corrected chi connectivity index (χ2v) is 8.49. The van der Waals surface area contributed by atoms with Crippen molar-refractivity contribution in [2.24, 2.45) is 5.92 Å². The third kappa shape index (κ3) is 4.95. The summed E-state index contributed by atoms with van der Waals surface area (Å²) in [4.78, 5) is 18.8. The van der Waals surface area contributed by atoms with E-state index in [0.29, 0.717) is 42.5 Å². The van der Waals surface area contributed by atoms with Crippen molar-refractivity contribution in [1.29, 1.82) is 0 Å². The number of amides is 1. The van der Waals surface area contributed by atoms with Crippen molar-refractivity contribution in [2.45, 2.75) is 32.1 Å². The van der Waals surface area contributed by atoms with Gasteiger partial charge in [0.05, 0.1) is 23.7 Å². The molecule has 4 rings (SSSR count). The van der Waals surface area contributed by atoms with Crippen LogP contribution < -0.4 is 0 Å². The molecule has 3 aromatic rings. The number of carbonyl (C=O) groups is 1. The molecule has 0 radical (unpaired) electrons. The lowest BCUT2D eigenvalue weighted by Crippen LogP contribution is -2.39. The Morgan fingerprint density at radius 2 is 1.56 bits per heavy atom. The highest BCUT2D eigenvalue weighted by molar-refractivity contribution is 5.93. The van der Waals surface area contributed by atoms with Crippen LogP contribution in [0.15, 0.2) is 55.0 Å². The van der Waals surface area contributed by atoms with E-state index >= 15 is 0 Å². The highest BCUT2D eigenvalue weighted by atomic mass is 19.4. The first-order valence-corrected chi connectivity index (χ1v) is 10.7. The standard InChI is InChI=1S/C24H21F6N3O/c1-15-3-2-8-32(13-15)22(34)21-12-31-14-33(21)20-6-4-16(5-7-20)17-9-18(23(25,26)27)11-19(10-17)24(28,29)30/h4-7,9-12,14-15H,2-3,8,13H2,1H3/t15-/m1/s1. The topological polar surface area (TPSA) is 38.1 Å². The van der Waals surface area contributed by atoms with Crippen molar-refractivity contribution in [1.82, 2.24) is 14.5 Å². The van der Waals surface area contributed by atoms with E-state index in [1.54, 1.807) is 9.47 Å². The van der Waals surface area contributed by atoms with E-state index in [-0.39, 0.29) is 23.1 Å². The molecule has 0 N–H and O–H groups in total. The summed E-state index contributed by atoms with van der Waals surface area (Å²) in [5.41, 5.74) is -1.94. The maximum atomic E-state index is 13.2. The van der Waals surface area contributed by atoms with Gasteiger partial charge in [-0.2, -0.15) is 26.3 Å². The molecule has 34 heavy (non-hydrogen) atoms. The van der Waals surface area contributed by atoms with Crippen LogP contribution in [0.4, 0.5) is 26.3 Å². The van der Waals surface area contributed by atoms with Crippen LogP contribution in [-0.2, 0) is 12.4 Å². The number of hydrogen-bond donors (Lipinski definition) is 0. The number of halogens is 6. The van der Waals surface area contributed by atoms with Gasteiger partial charge < -0.3 is 4.90 Å². The molecule has 2 heterocycles. The molecule has 4 nitrogen and oxygen atoms in total. The molecule has 1 atom stereocenters. The number of rotatable bonds is 3. The Morgan fingerprint density at radius 1 is 0.941 bits per heavy atom. The van der Waals surface area contributed by atoms with Crippen LogP contribution in [0.5, 0.6) is 0 Å². The molecular weight excluding hydrogens is 460 g/mol. The van der Waals surface area contributed by atoms with Gasteiger partial charge in [0.15, 0.2) is 0 Å². The minimum Gasteiger partial charge on any atom is -0.337 e. The molecule has 1 aromatic heterocycles. The van der Waals surface area contributed by atoms with Crippen molar-refractivity contribution in [3.63, 3.8) is 0 Å². The number of alkyl halides is 6. The first kappa shape index (κ1) is 23.8. The van der Waals surface area contributed by atoms with E-state index < -0.39 is 23.5 Å². The molecule has 0 spiro atoms. The first-order chi connectivity index (χ1) is 15.9. The SMILES string of the molecule is C[C@@H]1CCCN(C(=O)c2cncn2-c2ccc(-c3cc(C(F)(F)F)cc(C(F)(F)F)c3)cc2)C1. The zero-order valence-electron chi connectivity index (χ0n) is 18.1. The summed E-state index contributed by atoms with van der Waals surface area (Å²) in [6.45, 7) is 3.36. The van der Waals surface area contributed by atoms with Gasteiger partial charge in [-0.05, 0) is 60.2 Å². The number of aromatic nitrogens is 2. The number of carbonyl (C=O) groups excluding carboxylic acids is 1. The molecule has 1 fully saturated rings. The van der Waals surface area contributed by atoms with E-state index in [4.69, 9.17) is 0 Å². The molecule has 1 aliphatic heterocycles. The number of imidazole rings is 1. The normalized spacial score (nSPS) is 17.1. The fourth-order valence-electron chi connectivity index (χ4n) is 4.13. The number of benzene rings is 2. The first-order valence-electron chi connectivity index (χ1n) is 10.7. The van der Waals surface area contributed by atoms with Gasteiger partial charge in [0.1, 0.15) is 5.69 Å². The Hall–Kier alpha value is -3.30. The van der Waals surface area contributed by atoms with Crippen molar-refractivity contribution in [3.8, 4) is 16.8 Å². The maximum absolute atomic E-state index is 13.2. The number of piperidine rings is 1. The predicted molar refractivity (Wildman–Crippen MR) is 113 cm³/mol. The van der Waals surface area contributed by atoms with Crippen LogP contribution in [-0.4, -0.2) is 33.4 Å². The minimum absolute atomic E-state index is 0.0999. The Balaban J connectivity index is 1.66. The highest BCUT2D eigenvalue weighted by Gasteiger charge is 2.37. The van der Waals surface area contributed by atoms with E-state index in [1.807, 2.05) is 0 Å². The molecular formula is C24H21F6N3O. The van der Waals surface area contributed by atoms with Gasteiger partial charge in [0.2, 0.25) is 0 Å². The Labute approximate surface area is 191 Å². The lowest BCUT2D eigenvalue weighted by atomic mass is 9.99. The van der Waals surface area contributed by atoms with Gasteiger partial charge >= 0.3 is 12.4 Å². The van der Waals surface area contributed by atoms with E-state index in [1.165, 1.54) is 36.8 Å². The van der Waals surface area contributed by atoms with E-state index in [9.17, 15) is 31.1 Å². The van der Waals surface area contributed by atoms with Crippen molar-refractivity contribution in [3.05, 3.63) is 71.8 Å². The fourth-order valence-corrected chi connectivity index (χ4v) is 4.13. The lowest BCUT2D eigenvalue weighted by molar-refractivity contribution is -0.143. The largest absolute Gasteiger partial charge is 0.416 e. The molecule has 0 unspecified atom stereocenters. The average Bonchev–Trinajstić information content (AvgIpc) is 3.27. The molecule has 10 heteroatoms. The van der Waals surface area contributed by atoms with E-state index in [2.05, 4.69) is 11.9 Å². The second-order valence-electron chi connectivity index (χ2n) is 8.49. The summed E-state index contributed by atoms with van der Waals surface area (Å²) >= 11 is 0. The molecule has 1 amide bonds. The Kier molecular flexibility index (Phi) is 6.18. The van der Waals surface area contributed by atoms with Crippen molar-refractivity contribution in [2.75, 3.05) is 13.1 Å². The minimum atomic E-state index is -4.92. The summed E-state index contributed by atoms with van der Waals surface area (Å²) in [6, 6.07) is 7.37.